The third kappa shape index (κ3) is 3.10. The number of nitrogens with zero attached hydrogens (tertiary/aromatic N) is 1. The number of carbonyl (C=O) groups is 2. The molecule has 0 fully saturated rings. The molecule has 0 aliphatic carbocycles. The van der Waals surface area contributed by atoms with Crippen molar-refractivity contribution in [2.45, 2.75) is 26.7 Å². The van der Waals surface area contributed by atoms with Crippen molar-refractivity contribution in [3.63, 3.8) is 0 Å². The van der Waals surface area contributed by atoms with Crippen LogP contribution in [-0.4, -0.2) is 22.6 Å². The molecule has 2 unspecified atom stereocenters. The molecule has 1 N–H and O–H groups in total. The van der Waals surface area contributed by atoms with Gasteiger partial charge in [-0.2, -0.15) is 0 Å². The van der Waals surface area contributed by atoms with Crippen LogP contribution in [0.15, 0.2) is 70.9 Å². The molecule has 0 amide bonds. The molecule has 0 bridgehead atoms. The Morgan fingerprint density at radius 1 is 0.923 bits per heavy atom. The number of rotatable bonds is 4. The number of Topliss-reactive ketones (excluding diaryl/α,β-unsaturated/α-hetero) is 1. The van der Waals surface area contributed by atoms with E-state index in [1.165, 1.54) is 0 Å². The van der Waals surface area contributed by atoms with Gasteiger partial charge in [0.25, 0.3) is 0 Å². The monoisotopic (exact) mass is 347 g/mol. The van der Waals surface area contributed by atoms with Crippen LogP contribution in [0.5, 0.6) is 0 Å². The van der Waals surface area contributed by atoms with Crippen LogP contribution >= 0.6 is 0 Å². The van der Waals surface area contributed by atoms with Crippen molar-refractivity contribution in [3.8, 4) is 0 Å². The number of benzene rings is 2. The van der Waals surface area contributed by atoms with E-state index in [-0.39, 0.29) is 5.78 Å². The van der Waals surface area contributed by atoms with E-state index in [4.69, 9.17) is 0 Å². The van der Waals surface area contributed by atoms with Crippen molar-refractivity contribution in [1.82, 2.24) is 0 Å². The van der Waals surface area contributed by atoms with Crippen molar-refractivity contribution < 1.29 is 14.7 Å². The minimum Gasteiger partial charge on any atom is -0.481 e. The largest absolute Gasteiger partial charge is 0.481 e. The summed E-state index contributed by atoms with van der Waals surface area (Å²) < 4.78 is 0. The maximum Gasteiger partial charge on any atom is 0.313 e. The Hall–Kier alpha value is -3.01. The predicted octanol–water partition coefficient (Wildman–Crippen LogP) is 4.41. The van der Waals surface area contributed by atoms with Gasteiger partial charge in [-0.3, -0.25) is 14.6 Å². The summed E-state index contributed by atoms with van der Waals surface area (Å²) in [5.74, 6) is -2.55. The maximum absolute atomic E-state index is 13.3. The lowest BCUT2D eigenvalue weighted by Gasteiger charge is -2.32. The first-order valence-electron chi connectivity index (χ1n) is 8.56. The van der Waals surface area contributed by atoms with Crippen LogP contribution < -0.4 is 0 Å². The van der Waals surface area contributed by atoms with E-state index in [2.05, 4.69) is 4.99 Å². The first kappa shape index (κ1) is 17.8. The highest BCUT2D eigenvalue weighted by atomic mass is 16.4. The van der Waals surface area contributed by atoms with Gasteiger partial charge >= 0.3 is 5.97 Å². The Balaban J connectivity index is 2.23. The molecule has 132 valence electrons. The zero-order valence-electron chi connectivity index (χ0n) is 15.1. The van der Waals surface area contributed by atoms with E-state index in [9.17, 15) is 14.7 Å². The summed E-state index contributed by atoms with van der Waals surface area (Å²) in [4.78, 5) is 29.7. The summed E-state index contributed by atoms with van der Waals surface area (Å²) in [5.41, 5.74) is 3.93. The van der Waals surface area contributed by atoms with Gasteiger partial charge in [-0.1, -0.05) is 54.6 Å². The van der Waals surface area contributed by atoms with E-state index in [0.29, 0.717) is 22.5 Å². The van der Waals surface area contributed by atoms with Gasteiger partial charge in [0, 0.05) is 28.5 Å². The lowest BCUT2D eigenvalue weighted by molar-refractivity contribution is -0.139. The van der Waals surface area contributed by atoms with Gasteiger partial charge in [0.15, 0.2) is 5.78 Å². The smallest absolute Gasteiger partial charge is 0.313 e. The number of aliphatic imine (C=N–C) groups is 1. The van der Waals surface area contributed by atoms with Crippen LogP contribution in [0.3, 0.4) is 0 Å². The van der Waals surface area contributed by atoms with Gasteiger partial charge in [-0.15, -0.1) is 0 Å². The predicted molar refractivity (Wildman–Crippen MR) is 102 cm³/mol. The van der Waals surface area contributed by atoms with E-state index in [1.54, 1.807) is 38.1 Å². The summed E-state index contributed by atoms with van der Waals surface area (Å²) in [5, 5.41) is 9.87. The topological polar surface area (TPSA) is 66.7 Å². The highest BCUT2D eigenvalue weighted by molar-refractivity contribution is 6.14. The molecule has 0 radical (unpaired) electrons. The van der Waals surface area contributed by atoms with Gasteiger partial charge in [-0.05, 0) is 31.9 Å². The molecule has 1 heterocycles. The minimum atomic E-state index is -0.967. The molecule has 2 aromatic carbocycles. The minimum absolute atomic E-state index is 0.168. The Morgan fingerprint density at radius 2 is 1.54 bits per heavy atom. The maximum atomic E-state index is 13.3. The second-order valence-corrected chi connectivity index (χ2v) is 6.60. The Morgan fingerprint density at radius 3 is 2.15 bits per heavy atom. The molecule has 0 aromatic heterocycles. The Kier molecular flexibility index (Phi) is 4.85. The van der Waals surface area contributed by atoms with Crippen LogP contribution in [0, 0.1) is 12.8 Å². The molecule has 3 rings (SSSR count). The van der Waals surface area contributed by atoms with Gasteiger partial charge in [0.2, 0.25) is 0 Å². The zero-order valence-corrected chi connectivity index (χ0v) is 15.1. The third-order valence-corrected chi connectivity index (χ3v) is 4.90. The average Bonchev–Trinajstić information content (AvgIpc) is 2.61. The molecule has 1 aliphatic rings. The number of ketones is 1. The molecule has 26 heavy (non-hydrogen) atoms. The number of allylic oxidation sites excluding steroid dienone is 2. The quantitative estimate of drug-likeness (QED) is 0.833. The van der Waals surface area contributed by atoms with Crippen molar-refractivity contribution >= 4 is 17.5 Å². The second kappa shape index (κ2) is 7.08. The summed E-state index contributed by atoms with van der Waals surface area (Å²) in [6.07, 6.45) is 0. The molecule has 1 aliphatic heterocycles. The van der Waals surface area contributed by atoms with E-state index < -0.39 is 17.8 Å². The summed E-state index contributed by atoms with van der Waals surface area (Å²) >= 11 is 0. The zero-order chi connectivity index (χ0) is 18.8. The number of aryl methyl sites for hydroxylation is 1. The number of carboxylic acid groups (broad SMARTS) is 1. The fourth-order valence-electron chi connectivity index (χ4n) is 3.67. The van der Waals surface area contributed by atoms with Crippen molar-refractivity contribution in [3.05, 3.63) is 82.6 Å². The lowest BCUT2D eigenvalue weighted by Crippen LogP contribution is -2.35. The van der Waals surface area contributed by atoms with Crippen molar-refractivity contribution in [1.29, 1.82) is 0 Å². The van der Waals surface area contributed by atoms with E-state index in [1.807, 2.05) is 37.3 Å². The summed E-state index contributed by atoms with van der Waals surface area (Å²) in [6.45, 7) is 5.44. The summed E-state index contributed by atoms with van der Waals surface area (Å²) in [6, 6.07) is 16.6. The van der Waals surface area contributed by atoms with Gasteiger partial charge in [0.1, 0.15) is 5.92 Å². The second-order valence-electron chi connectivity index (χ2n) is 6.60. The fourth-order valence-corrected chi connectivity index (χ4v) is 3.67. The Labute approximate surface area is 152 Å². The SMILES string of the molecule is CC1=NC(C)=C(C(=O)c2ccccc2)C(c2ccccc2C)C1C(=O)O. The molecular formula is C22H21NO3. The number of carboxylic acids is 1. The molecule has 0 spiro atoms. The number of aliphatic carboxylic acids is 1. The fraction of sp³-hybridized carbons (Fsp3) is 0.227. The van der Waals surface area contributed by atoms with Crippen LogP contribution in [0.1, 0.15) is 41.3 Å². The third-order valence-electron chi connectivity index (χ3n) is 4.90. The molecule has 0 saturated carbocycles. The number of carbonyl (C=O) groups excluding carboxylic acids is 1. The van der Waals surface area contributed by atoms with Crippen molar-refractivity contribution in [2.75, 3.05) is 0 Å². The van der Waals surface area contributed by atoms with E-state index >= 15 is 0 Å². The highest BCUT2D eigenvalue weighted by Crippen LogP contribution is 2.41. The van der Waals surface area contributed by atoms with Crippen LogP contribution in [0.25, 0.3) is 0 Å². The van der Waals surface area contributed by atoms with Crippen LogP contribution in [0.2, 0.25) is 0 Å². The first-order valence-corrected chi connectivity index (χ1v) is 8.56. The first-order chi connectivity index (χ1) is 12.4. The highest BCUT2D eigenvalue weighted by Gasteiger charge is 2.41. The molecule has 2 atom stereocenters. The normalized spacial score (nSPS) is 19.9. The molecule has 4 heteroatoms. The molecular weight excluding hydrogens is 326 g/mol. The van der Waals surface area contributed by atoms with Crippen molar-refractivity contribution in [2.24, 2.45) is 10.9 Å². The van der Waals surface area contributed by atoms with Gasteiger partial charge in [-0.25, -0.2) is 0 Å². The van der Waals surface area contributed by atoms with E-state index in [0.717, 1.165) is 11.1 Å². The Bertz CT molecular complexity index is 925. The van der Waals surface area contributed by atoms with Crippen LogP contribution in [-0.2, 0) is 4.79 Å². The average molecular weight is 347 g/mol. The molecule has 2 aromatic rings. The molecule has 4 nitrogen and oxygen atoms in total. The van der Waals surface area contributed by atoms with Gasteiger partial charge in [0.05, 0.1) is 0 Å². The summed E-state index contributed by atoms with van der Waals surface area (Å²) in [7, 11) is 0. The number of hydrogen-bond donors (Lipinski definition) is 1. The standard InChI is InChI=1S/C22H21NO3/c1-13-9-7-8-12-17(13)20-18(21(24)16-10-5-4-6-11-16)14(2)23-15(3)19(20)22(25)26/h4-12,19-20H,1-3H3,(H,25,26). The molecule has 0 saturated heterocycles. The number of hydrogen-bond acceptors (Lipinski definition) is 3. The van der Waals surface area contributed by atoms with Gasteiger partial charge < -0.3 is 5.11 Å². The van der Waals surface area contributed by atoms with Crippen LogP contribution in [0.4, 0.5) is 0 Å². The lowest BCUT2D eigenvalue weighted by atomic mass is 9.72.